The number of aromatic nitrogens is 1. The number of hydrogen-bond acceptors (Lipinski definition) is 3. The van der Waals surface area contributed by atoms with E-state index in [4.69, 9.17) is 9.47 Å². The van der Waals surface area contributed by atoms with E-state index in [0.29, 0.717) is 5.92 Å². The molecule has 1 unspecified atom stereocenters. The lowest BCUT2D eigenvalue weighted by atomic mass is 9.99. The Labute approximate surface area is 190 Å². The second-order valence-corrected chi connectivity index (χ2v) is 9.51. The Morgan fingerprint density at radius 1 is 0.906 bits per heavy atom. The minimum atomic E-state index is 0.516. The number of hydrogen-bond donors (Lipinski definition) is 0. The van der Waals surface area contributed by atoms with Crippen molar-refractivity contribution in [2.45, 2.75) is 50.9 Å². The van der Waals surface area contributed by atoms with Crippen LogP contribution >= 0.6 is 0 Å². The molecule has 1 saturated heterocycles. The van der Waals surface area contributed by atoms with Crippen LogP contribution in [0.1, 0.15) is 53.9 Å². The van der Waals surface area contributed by atoms with Gasteiger partial charge in [-0.2, -0.15) is 0 Å². The van der Waals surface area contributed by atoms with Crippen molar-refractivity contribution < 1.29 is 9.47 Å². The van der Waals surface area contributed by atoms with Crippen molar-refractivity contribution in [1.29, 1.82) is 0 Å². The number of ether oxygens (including phenoxy) is 2. The van der Waals surface area contributed by atoms with Crippen LogP contribution in [0.15, 0.2) is 48.7 Å². The first-order valence-corrected chi connectivity index (χ1v) is 12.2. The molecule has 2 aliphatic heterocycles. The Morgan fingerprint density at radius 2 is 1.78 bits per heavy atom. The molecule has 1 fully saturated rings. The fourth-order valence-corrected chi connectivity index (χ4v) is 5.77. The summed E-state index contributed by atoms with van der Waals surface area (Å²) >= 11 is 0. The van der Waals surface area contributed by atoms with Crippen LogP contribution in [0, 0.1) is 0 Å². The quantitative estimate of drug-likeness (QED) is 0.535. The largest absolute Gasteiger partial charge is 0.497 e. The van der Waals surface area contributed by atoms with Crippen LogP contribution in [0.4, 0.5) is 5.82 Å². The molecule has 0 saturated carbocycles. The van der Waals surface area contributed by atoms with Gasteiger partial charge < -0.3 is 14.4 Å². The predicted octanol–water partition coefficient (Wildman–Crippen LogP) is 5.68. The molecule has 0 N–H and O–H groups in total. The third kappa shape index (κ3) is 3.46. The van der Waals surface area contributed by atoms with Gasteiger partial charge in [-0.25, -0.2) is 0 Å². The topological polar surface area (TPSA) is 26.6 Å². The second kappa shape index (κ2) is 8.23. The van der Waals surface area contributed by atoms with Crippen molar-refractivity contribution in [2.75, 3.05) is 31.7 Å². The van der Waals surface area contributed by atoms with E-state index in [1.54, 1.807) is 7.11 Å². The third-order valence-corrected chi connectivity index (χ3v) is 7.49. The van der Waals surface area contributed by atoms with Crippen LogP contribution in [-0.4, -0.2) is 31.4 Å². The average Bonchev–Trinajstić information content (AvgIpc) is 3.48. The van der Waals surface area contributed by atoms with E-state index in [0.717, 1.165) is 56.9 Å². The lowest BCUT2D eigenvalue weighted by molar-refractivity contribution is 0.287. The van der Waals surface area contributed by atoms with E-state index >= 15 is 0 Å². The van der Waals surface area contributed by atoms with Crippen molar-refractivity contribution in [3.63, 3.8) is 0 Å². The standard InChI is InChI=1S/C28H32N2O2/c1-31-25-11-10-21-15-22(16-23(21)17-25)24-18-27(29-12-3-2-4-13-29)30(19-24)26-9-5-7-20-8-6-14-32-28(20)26/h5,7,9-11,17-19,22H,2-4,6,8,12-16H2,1H3. The minimum Gasteiger partial charge on any atom is -0.497 e. The van der Waals surface area contributed by atoms with Crippen LogP contribution in [0.25, 0.3) is 5.69 Å². The van der Waals surface area contributed by atoms with E-state index in [1.165, 1.54) is 53.0 Å². The summed E-state index contributed by atoms with van der Waals surface area (Å²) in [5.41, 5.74) is 6.87. The summed E-state index contributed by atoms with van der Waals surface area (Å²) in [6.45, 7) is 3.10. The highest BCUT2D eigenvalue weighted by molar-refractivity contribution is 5.60. The molecule has 1 aromatic heterocycles. The maximum absolute atomic E-state index is 6.21. The van der Waals surface area contributed by atoms with Gasteiger partial charge >= 0.3 is 0 Å². The monoisotopic (exact) mass is 428 g/mol. The highest BCUT2D eigenvalue weighted by Gasteiger charge is 2.28. The molecular formula is C28H32N2O2. The van der Waals surface area contributed by atoms with E-state index < -0.39 is 0 Å². The summed E-state index contributed by atoms with van der Waals surface area (Å²) in [5.74, 6) is 3.89. The number of fused-ring (bicyclic) bond motifs is 2. The molecule has 3 aromatic rings. The Balaban J connectivity index is 1.40. The first-order valence-electron chi connectivity index (χ1n) is 12.2. The highest BCUT2D eigenvalue weighted by atomic mass is 16.5. The summed E-state index contributed by atoms with van der Waals surface area (Å²) in [4.78, 5) is 2.58. The number of nitrogens with zero attached hydrogens (tertiary/aromatic N) is 2. The second-order valence-electron chi connectivity index (χ2n) is 9.51. The van der Waals surface area contributed by atoms with E-state index in [1.807, 2.05) is 0 Å². The number of para-hydroxylation sites is 1. The molecule has 166 valence electrons. The number of piperidine rings is 1. The van der Waals surface area contributed by atoms with E-state index in [-0.39, 0.29) is 0 Å². The zero-order valence-corrected chi connectivity index (χ0v) is 19.0. The summed E-state index contributed by atoms with van der Waals surface area (Å²) in [5, 5.41) is 0. The van der Waals surface area contributed by atoms with Gasteiger partial charge in [-0.3, -0.25) is 4.57 Å². The Kier molecular flexibility index (Phi) is 5.09. The SMILES string of the molecule is COc1ccc2c(c1)CC(c1cc(N3CCCCC3)n(-c3cccc4c3OCCC4)c1)C2. The van der Waals surface area contributed by atoms with Gasteiger partial charge in [0.1, 0.15) is 17.3 Å². The molecule has 0 amide bonds. The number of benzene rings is 2. The molecule has 3 heterocycles. The zero-order chi connectivity index (χ0) is 21.5. The molecule has 4 nitrogen and oxygen atoms in total. The van der Waals surface area contributed by atoms with Crippen LogP contribution in [0.2, 0.25) is 0 Å². The normalized spacial score (nSPS) is 19.9. The molecule has 1 aliphatic carbocycles. The van der Waals surface area contributed by atoms with Gasteiger partial charge in [-0.1, -0.05) is 18.2 Å². The predicted molar refractivity (Wildman–Crippen MR) is 129 cm³/mol. The first kappa shape index (κ1) is 19.8. The van der Waals surface area contributed by atoms with Crippen molar-refractivity contribution in [3.05, 3.63) is 70.9 Å². The molecule has 0 spiro atoms. The number of aryl methyl sites for hydroxylation is 1. The Bertz CT molecular complexity index is 1130. The Morgan fingerprint density at radius 3 is 2.66 bits per heavy atom. The fourth-order valence-electron chi connectivity index (χ4n) is 5.77. The molecule has 32 heavy (non-hydrogen) atoms. The molecule has 4 heteroatoms. The summed E-state index contributed by atoms with van der Waals surface area (Å²) in [7, 11) is 1.75. The number of rotatable bonds is 4. The molecule has 0 bridgehead atoms. The van der Waals surface area contributed by atoms with Gasteiger partial charge in [-0.15, -0.1) is 0 Å². The van der Waals surface area contributed by atoms with Crippen molar-refractivity contribution in [2.24, 2.45) is 0 Å². The maximum Gasteiger partial charge on any atom is 0.146 e. The van der Waals surface area contributed by atoms with E-state index in [9.17, 15) is 0 Å². The lowest BCUT2D eigenvalue weighted by Crippen LogP contribution is -2.31. The fraction of sp³-hybridized carbons (Fsp3) is 0.429. The van der Waals surface area contributed by atoms with Gasteiger partial charge in [0.2, 0.25) is 0 Å². The summed E-state index contributed by atoms with van der Waals surface area (Å²) in [6, 6.07) is 15.7. The summed E-state index contributed by atoms with van der Waals surface area (Å²) < 4.78 is 14.1. The minimum absolute atomic E-state index is 0.516. The van der Waals surface area contributed by atoms with Crippen LogP contribution in [0.5, 0.6) is 11.5 Å². The average molecular weight is 429 g/mol. The zero-order valence-electron chi connectivity index (χ0n) is 19.0. The molecule has 1 atom stereocenters. The van der Waals surface area contributed by atoms with Crippen molar-refractivity contribution in [3.8, 4) is 17.2 Å². The van der Waals surface area contributed by atoms with Crippen molar-refractivity contribution >= 4 is 5.82 Å². The highest BCUT2D eigenvalue weighted by Crippen LogP contribution is 2.41. The lowest BCUT2D eigenvalue weighted by Gasteiger charge is -2.30. The summed E-state index contributed by atoms with van der Waals surface area (Å²) in [6.07, 6.45) is 10.7. The molecule has 0 radical (unpaired) electrons. The van der Waals surface area contributed by atoms with Gasteiger partial charge in [0, 0.05) is 19.3 Å². The van der Waals surface area contributed by atoms with Gasteiger partial charge in [-0.05, 0) is 97.4 Å². The molecule has 3 aliphatic rings. The smallest absolute Gasteiger partial charge is 0.146 e. The first-order chi connectivity index (χ1) is 15.8. The van der Waals surface area contributed by atoms with Crippen LogP contribution in [-0.2, 0) is 19.3 Å². The molecule has 6 rings (SSSR count). The number of anilines is 1. The molecule has 2 aromatic carbocycles. The van der Waals surface area contributed by atoms with Gasteiger partial charge in [0.25, 0.3) is 0 Å². The maximum atomic E-state index is 6.21. The van der Waals surface area contributed by atoms with Crippen LogP contribution in [0.3, 0.4) is 0 Å². The van der Waals surface area contributed by atoms with Gasteiger partial charge in [0.05, 0.1) is 19.4 Å². The Hall–Kier alpha value is -2.88. The van der Waals surface area contributed by atoms with E-state index in [2.05, 4.69) is 58.1 Å². The molecular weight excluding hydrogens is 396 g/mol. The van der Waals surface area contributed by atoms with Gasteiger partial charge in [0.15, 0.2) is 0 Å². The number of methoxy groups -OCH3 is 1. The van der Waals surface area contributed by atoms with Crippen molar-refractivity contribution in [1.82, 2.24) is 4.57 Å². The van der Waals surface area contributed by atoms with Crippen LogP contribution < -0.4 is 14.4 Å². The third-order valence-electron chi connectivity index (χ3n) is 7.49.